The summed E-state index contributed by atoms with van der Waals surface area (Å²) in [6, 6.07) is 0. The highest BCUT2D eigenvalue weighted by Gasteiger charge is 2.27. The Labute approximate surface area is 100 Å². The Bertz CT molecular complexity index is 329. The van der Waals surface area contributed by atoms with Crippen molar-refractivity contribution in [2.45, 2.75) is 31.5 Å². The maximum atomic E-state index is 11.9. The van der Waals surface area contributed by atoms with Crippen molar-refractivity contribution >= 4 is 22.9 Å². The average Bonchev–Trinajstić information content (AvgIpc) is 2.63. The second kappa shape index (κ2) is 5.84. The number of hydrogen-bond acceptors (Lipinski definition) is 3. The lowest BCUT2D eigenvalue weighted by molar-refractivity contribution is -0.148. The van der Waals surface area contributed by atoms with Crippen LogP contribution < -0.4 is 0 Å². The van der Waals surface area contributed by atoms with Crippen LogP contribution in [0.15, 0.2) is 5.38 Å². The van der Waals surface area contributed by atoms with Gasteiger partial charge in [-0.05, 0) is 6.92 Å². The minimum Gasteiger partial charge on any atom is -0.371 e. The average molecular weight is 274 g/mol. The van der Waals surface area contributed by atoms with Crippen LogP contribution >= 0.6 is 22.9 Å². The van der Waals surface area contributed by atoms with Gasteiger partial charge in [-0.25, -0.2) is 4.98 Å². The van der Waals surface area contributed by atoms with Gasteiger partial charge < -0.3 is 4.74 Å². The van der Waals surface area contributed by atoms with Crippen LogP contribution in [0.2, 0.25) is 0 Å². The highest BCUT2D eigenvalue weighted by atomic mass is 35.5. The molecule has 0 radical (unpaired) electrons. The molecule has 2 nitrogen and oxygen atoms in total. The van der Waals surface area contributed by atoms with E-state index in [-0.39, 0.29) is 6.61 Å². The first kappa shape index (κ1) is 13.7. The summed E-state index contributed by atoms with van der Waals surface area (Å²) in [5.41, 5.74) is 0.716. The number of alkyl halides is 4. The molecule has 92 valence electrons. The van der Waals surface area contributed by atoms with Crippen LogP contribution in [0.1, 0.15) is 30.2 Å². The van der Waals surface area contributed by atoms with Gasteiger partial charge in [0.25, 0.3) is 0 Å². The predicted molar refractivity (Wildman–Crippen MR) is 56.7 cm³/mol. The molecule has 0 amide bonds. The van der Waals surface area contributed by atoms with Crippen molar-refractivity contribution < 1.29 is 17.9 Å². The van der Waals surface area contributed by atoms with E-state index in [1.165, 1.54) is 11.3 Å². The Morgan fingerprint density at radius 2 is 2.25 bits per heavy atom. The standard InChI is InChI=1S/C9H11ClF3NOS/c1-6(15-3-2-9(11,12)13)8-14-7(4-10)5-16-8/h5-6H,2-4H2,1H3. The molecule has 0 bridgehead atoms. The highest BCUT2D eigenvalue weighted by Crippen LogP contribution is 2.24. The molecular weight excluding hydrogens is 263 g/mol. The monoisotopic (exact) mass is 273 g/mol. The largest absolute Gasteiger partial charge is 0.391 e. The van der Waals surface area contributed by atoms with E-state index in [0.717, 1.165) is 0 Å². The third-order valence-corrected chi connectivity index (χ3v) is 3.14. The van der Waals surface area contributed by atoms with Crippen molar-refractivity contribution in [1.82, 2.24) is 4.98 Å². The summed E-state index contributed by atoms with van der Waals surface area (Å²) in [6.45, 7) is 1.33. The number of aromatic nitrogens is 1. The van der Waals surface area contributed by atoms with Crippen molar-refractivity contribution in [2.75, 3.05) is 6.61 Å². The Morgan fingerprint density at radius 3 is 2.75 bits per heavy atom. The van der Waals surface area contributed by atoms with Crippen LogP contribution in [-0.4, -0.2) is 17.8 Å². The van der Waals surface area contributed by atoms with Gasteiger partial charge in [-0.1, -0.05) is 0 Å². The quantitative estimate of drug-likeness (QED) is 0.759. The first-order valence-electron chi connectivity index (χ1n) is 4.61. The molecule has 16 heavy (non-hydrogen) atoms. The van der Waals surface area contributed by atoms with Crippen molar-refractivity contribution in [1.29, 1.82) is 0 Å². The molecule has 0 spiro atoms. The van der Waals surface area contributed by atoms with E-state index in [1.807, 2.05) is 0 Å². The molecule has 0 aliphatic heterocycles. The lowest BCUT2D eigenvalue weighted by Crippen LogP contribution is -2.12. The molecule has 1 heterocycles. The van der Waals surface area contributed by atoms with E-state index in [4.69, 9.17) is 16.3 Å². The van der Waals surface area contributed by atoms with E-state index in [9.17, 15) is 13.2 Å². The SMILES string of the molecule is CC(OCCC(F)(F)F)c1nc(CCl)cs1. The number of ether oxygens (including phenoxy) is 1. The summed E-state index contributed by atoms with van der Waals surface area (Å²) >= 11 is 6.90. The zero-order valence-electron chi connectivity index (χ0n) is 8.55. The highest BCUT2D eigenvalue weighted by molar-refractivity contribution is 7.09. The van der Waals surface area contributed by atoms with E-state index in [0.29, 0.717) is 16.6 Å². The first-order valence-corrected chi connectivity index (χ1v) is 6.02. The van der Waals surface area contributed by atoms with Gasteiger partial charge in [0.1, 0.15) is 11.1 Å². The van der Waals surface area contributed by atoms with Gasteiger partial charge in [-0.15, -0.1) is 22.9 Å². The van der Waals surface area contributed by atoms with E-state index in [2.05, 4.69) is 4.98 Å². The zero-order valence-corrected chi connectivity index (χ0v) is 10.1. The van der Waals surface area contributed by atoms with Crippen LogP contribution in [0.25, 0.3) is 0 Å². The van der Waals surface area contributed by atoms with Gasteiger partial charge in [-0.3, -0.25) is 0 Å². The molecule has 1 aromatic heterocycles. The normalized spacial score (nSPS) is 14.1. The molecule has 0 aromatic carbocycles. The number of hydrogen-bond donors (Lipinski definition) is 0. The predicted octanol–water partition coefficient (Wildman–Crippen LogP) is 3.91. The molecule has 0 N–H and O–H groups in total. The molecule has 0 fully saturated rings. The number of nitrogens with zero attached hydrogens (tertiary/aromatic N) is 1. The molecule has 1 aromatic rings. The van der Waals surface area contributed by atoms with Gasteiger partial charge in [-0.2, -0.15) is 13.2 Å². The van der Waals surface area contributed by atoms with Crippen LogP contribution in [0, 0.1) is 0 Å². The summed E-state index contributed by atoms with van der Waals surface area (Å²) in [4.78, 5) is 4.12. The summed E-state index contributed by atoms with van der Waals surface area (Å²) in [5.74, 6) is 0.297. The summed E-state index contributed by atoms with van der Waals surface area (Å²) < 4.78 is 40.6. The fourth-order valence-electron chi connectivity index (χ4n) is 0.993. The lowest BCUT2D eigenvalue weighted by atomic mass is 10.4. The van der Waals surface area contributed by atoms with Crippen molar-refractivity contribution in [3.8, 4) is 0 Å². The van der Waals surface area contributed by atoms with Crippen molar-refractivity contribution in [2.24, 2.45) is 0 Å². The summed E-state index contributed by atoms with van der Waals surface area (Å²) in [5, 5.41) is 2.42. The molecule has 1 rings (SSSR count). The molecule has 0 aliphatic carbocycles. The molecule has 0 saturated heterocycles. The molecule has 0 saturated carbocycles. The maximum Gasteiger partial charge on any atom is 0.391 e. The second-order valence-electron chi connectivity index (χ2n) is 3.19. The minimum atomic E-state index is -4.18. The Kier molecular flexibility index (Phi) is 5.01. The third kappa shape index (κ3) is 4.67. The van der Waals surface area contributed by atoms with Gasteiger partial charge in [0, 0.05) is 5.38 Å². The zero-order chi connectivity index (χ0) is 12.2. The van der Waals surface area contributed by atoms with E-state index < -0.39 is 18.7 Å². The molecule has 7 heteroatoms. The third-order valence-electron chi connectivity index (χ3n) is 1.81. The number of thiazole rings is 1. The Balaban J connectivity index is 2.37. The smallest absolute Gasteiger partial charge is 0.371 e. The molecule has 1 atom stereocenters. The first-order chi connectivity index (χ1) is 7.42. The minimum absolute atomic E-state index is 0.297. The van der Waals surface area contributed by atoms with Crippen molar-refractivity contribution in [3.63, 3.8) is 0 Å². The Hall–Kier alpha value is -0.330. The number of rotatable bonds is 5. The second-order valence-corrected chi connectivity index (χ2v) is 4.35. The van der Waals surface area contributed by atoms with Crippen LogP contribution in [0.5, 0.6) is 0 Å². The Morgan fingerprint density at radius 1 is 1.56 bits per heavy atom. The lowest BCUT2D eigenvalue weighted by Gasteiger charge is -2.11. The fraction of sp³-hybridized carbons (Fsp3) is 0.667. The van der Waals surface area contributed by atoms with Crippen LogP contribution in [-0.2, 0) is 10.6 Å². The maximum absolute atomic E-state index is 11.9. The summed E-state index contributed by atoms with van der Waals surface area (Å²) in [7, 11) is 0. The van der Waals surface area contributed by atoms with E-state index >= 15 is 0 Å². The van der Waals surface area contributed by atoms with Gasteiger partial charge >= 0.3 is 6.18 Å². The van der Waals surface area contributed by atoms with Crippen molar-refractivity contribution in [3.05, 3.63) is 16.1 Å². The molecule has 1 unspecified atom stereocenters. The number of halogens is 4. The molecule has 0 aliphatic rings. The fourth-order valence-corrected chi connectivity index (χ4v) is 2.04. The molecular formula is C9H11ClF3NOS. The summed E-state index contributed by atoms with van der Waals surface area (Å²) in [6.07, 6.45) is -5.54. The van der Waals surface area contributed by atoms with Gasteiger partial charge in [0.15, 0.2) is 0 Å². The van der Waals surface area contributed by atoms with Gasteiger partial charge in [0.2, 0.25) is 0 Å². The van der Waals surface area contributed by atoms with Crippen LogP contribution in [0.3, 0.4) is 0 Å². The van der Waals surface area contributed by atoms with Crippen LogP contribution in [0.4, 0.5) is 13.2 Å². The van der Waals surface area contributed by atoms with E-state index in [1.54, 1.807) is 12.3 Å². The van der Waals surface area contributed by atoms with Gasteiger partial charge in [0.05, 0.1) is 24.6 Å². The topological polar surface area (TPSA) is 22.1 Å².